The molecule has 9 nitrogen and oxygen atoms in total. The Labute approximate surface area is 236 Å². The van der Waals surface area contributed by atoms with Crippen molar-refractivity contribution < 1.29 is 28.5 Å². The lowest BCUT2D eigenvalue weighted by molar-refractivity contribution is -0.145. The summed E-state index contributed by atoms with van der Waals surface area (Å²) in [5.41, 5.74) is 2.05. The Bertz CT molecular complexity index is 1580. The third-order valence-electron chi connectivity index (χ3n) is 5.93. The average molecular weight is 565 g/mol. The van der Waals surface area contributed by atoms with E-state index in [2.05, 4.69) is 4.99 Å². The zero-order valence-corrected chi connectivity index (χ0v) is 23.9. The maximum Gasteiger partial charge on any atom is 0.344 e. The number of aromatic nitrogens is 1. The van der Waals surface area contributed by atoms with E-state index in [1.807, 2.05) is 31.2 Å². The number of benzene rings is 2. The maximum atomic E-state index is 13.8. The Morgan fingerprint density at radius 3 is 2.27 bits per heavy atom. The summed E-state index contributed by atoms with van der Waals surface area (Å²) in [6, 6.07) is 13.6. The zero-order valence-electron chi connectivity index (χ0n) is 23.1. The first-order chi connectivity index (χ1) is 19.2. The molecule has 0 fully saturated rings. The number of nitrogens with zero attached hydrogens (tertiary/aromatic N) is 2. The molecule has 1 atom stereocenters. The second kappa shape index (κ2) is 12.8. The largest absolute Gasteiger partial charge is 0.494 e. The molecule has 40 heavy (non-hydrogen) atoms. The molecular formula is C30H32N2O7S. The quantitative estimate of drug-likeness (QED) is 0.347. The Morgan fingerprint density at radius 1 is 1.00 bits per heavy atom. The number of rotatable bonds is 10. The second-order valence-corrected chi connectivity index (χ2v) is 10.2. The van der Waals surface area contributed by atoms with Crippen molar-refractivity contribution in [3.05, 3.63) is 90.6 Å². The number of ether oxygens (including phenoxy) is 4. The maximum absolute atomic E-state index is 13.8. The van der Waals surface area contributed by atoms with E-state index in [0.717, 1.165) is 11.1 Å². The molecule has 0 saturated heterocycles. The molecule has 2 heterocycles. The van der Waals surface area contributed by atoms with Gasteiger partial charge in [-0.2, -0.15) is 0 Å². The predicted octanol–water partition coefficient (Wildman–Crippen LogP) is 3.53. The van der Waals surface area contributed by atoms with Crippen LogP contribution in [0.3, 0.4) is 0 Å². The van der Waals surface area contributed by atoms with Crippen LogP contribution in [0.15, 0.2) is 69.6 Å². The van der Waals surface area contributed by atoms with Crippen molar-refractivity contribution in [3.8, 4) is 11.5 Å². The molecule has 10 heteroatoms. The summed E-state index contributed by atoms with van der Waals surface area (Å²) in [4.78, 5) is 43.7. The van der Waals surface area contributed by atoms with Gasteiger partial charge in [0, 0.05) is 0 Å². The Hall–Kier alpha value is -4.18. The van der Waals surface area contributed by atoms with Gasteiger partial charge in [-0.1, -0.05) is 35.6 Å². The van der Waals surface area contributed by atoms with Gasteiger partial charge < -0.3 is 18.9 Å². The molecular weight excluding hydrogens is 532 g/mol. The highest BCUT2D eigenvalue weighted by Gasteiger charge is 2.33. The first-order valence-corrected chi connectivity index (χ1v) is 13.9. The van der Waals surface area contributed by atoms with E-state index in [1.54, 1.807) is 62.6 Å². The van der Waals surface area contributed by atoms with Crippen LogP contribution in [0, 0.1) is 0 Å². The van der Waals surface area contributed by atoms with Crippen molar-refractivity contribution in [1.29, 1.82) is 0 Å². The summed E-state index contributed by atoms with van der Waals surface area (Å²) in [7, 11) is 0. The monoisotopic (exact) mass is 564 g/mol. The molecule has 4 rings (SSSR count). The van der Waals surface area contributed by atoms with E-state index in [0.29, 0.717) is 38.7 Å². The molecule has 0 amide bonds. The highest BCUT2D eigenvalue weighted by Crippen LogP contribution is 2.32. The number of hydrogen-bond acceptors (Lipinski definition) is 9. The van der Waals surface area contributed by atoms with Gasteiger partial charge in [0.15, 0.2) is 11.4 Å². The SMILES string of the molecule is CCOC(=O)COc1ccc(/C=c2/sc3n(c2=O)[C@@H](c2ccc(OCC)cc2)C(C(=O)OC(C)C)=C(C)N=3)cc1. The fourth-order valence-corrected chi connectivity index (χ4v) is 5.29. The summed E-state index contributed by atoms with van der Waals surface area (Å²) < 4.78 is 23.5. The number of carbonyl (C=O) groups is 2. The highest BCUT2D eigenvalue weighted by molar-refractivity contribution is 7.07. The van der Waals surface area contributed by atoms with Gasteiger partial charge in [-0.15, -0.1) is 0 Å². The van der Waals surface area contributed by atoms with Crippen molar-refractivity contribution in [2.75, 3.05) is 19.8 Å². The molecule has 0 saturated carbocycles. The molecule has 210 valence electrons. The molecule has 2 aromatic carbocycles. The van der Waals surface area contributed by atoms with Gasteiger partial charge in [-0.25, -0.2) is 14.6 Å². The molecule has 0 spiro atoms. The molecule has 1 aromatic heterocycles. The molecule has 0 aliphatic carbocycles. The summed E-state index contributed by atoms with van der Waals surface area (Å²) in [5, 5.41) is 0. The van der Waals surface area contributed by atoms with Gasteiger partial charge in [0.1, 0.15) is 11.5 Å². The number of carbonyl (C=O) groups excluding carboxylic acids is 2. The lowest BCUT2D eigenvalue weighted by Gasteiger charge is -2.25. The van der Waals surface area contributed by atoms with E-state index in [4.69, 9.17) is 18.9 Å². The van der Waals surface area contributed by atoms with Crippen LogP contribution in [0.4, 0.5) is 0 Å². The van der Waals surface area contributed by atoms with Crippen molar-refractivity contribution in [3.63, 3.8) is 0 Å². The minimum atomic E-state index is -0.709. The van der Waals surface area contributed by atoms with E-state index < -0.39 is 18.0 Å². The fraction of sp³-hybridized carbons (Fsp3) is 0.333. The smallest absolute Gasteiger partial charge is 0.344 e. The first-order valence-electron chi connectivity index (χ1n) is 13.1. The molecule has 1 aliphatic rings. The number of esters is 2. The molecule has 0 bridgehead atoms. The van der Waals surface area contributed by atoms with Gasteiger partial charge >= 0.3 is 11.9 Å². The Balaban J connectivity index is 1.73. The minimum Gasteiger partial charge on any atom is -0.494 e. The Kier molecular flexibility index (Phi) is 9.21. The van der Waals surface area contributed by atoms with Crippen molar-refractivity contribution in [1.82, 2.24) is 4.57 Å². The topological polar surface area (TPSA) is 105 Å². The van der Waals surface area contributed by atoms with Gasteiger partial charge in [-0.05, 0) is 76.1 Å². The van der Waals surface area contributed by atoms with Crippen LogP contribution in [0.2, 0.25) is 0 Å². The summed E-state index contributed by atoms with van der Waals surface area (Å²) >= 11 is 1.25. The standard InChI is InChI=1S/C30H32N2O7S/c1-6-36-22-14-10-21(11-15-22)27-26(29(35)39-18(3)4)19(5)31-30-32(27)28(34)24(40-30)16-20-8-12-23(13-9-20)38-17-25(33)37-7-2/h8-16,18,27H,6-7,17H2,1-5H3/b24-16+/t27-/m0/s1. The minimum absolute atomic E-state index is 0.182. The van der Waals surface area contributed by atoms with Crippen LogP contribution < -0.4 is 24.4 Å². The number of hydrogen-bond donors (Lipinski definition) is 0. The first kappa shape index (κ1) is 28.8. The second-order valence-electron chi connectivity index (χ2n) is 9.20. The highest BCUT2D eigenvalue weighted by atomic mass is 32.1. The summed E-state index contributed by atoms with van der Waals surface area (Å²) in [6.07, 6.45) is 1.43. The van der Waals surface area contributed by atoms with Crippen LogP contribution in [0.25, 0.3) is 6.08 Å². The van der Waals surface area contributed by atoms with E-state index in [-0.39, 0.29) is 24.9 Å². The van der Waals surface area contributed by atoms with Crippen LogP contribution in [-0.4, -0.2) is 42.4 Å². The van der Waals surface area contributed by atoms with Crippen LogP contribution in [-0.2, 0) is 19.1 Å². The number of thiazole rings is 1. The van der Waals surface area contributed by atoms with Gasteiger partial charge in [0.25, 0.3) is 5.56 Å². The van der Waals surface area contributed by atoms with E-state index in [1.165, 1.54) is 11.3 Å². The van der Waals surface area contributed by atoms with Gasteiger partial charge in [0.05, 0.1) is 41.2 Å². The van der Waals surface area contributed by atoms with Crippen molar-refractivity contribution in [2.45, 2.75) is 46.8 Å². The molecule has 0 N–H and O–H groups in total. The normalized spacial score (nSPS) is 14.9. The summed E-state index contributed by atoms with van der Waals surface area (Å²) in [5.74, 6) is 0.246. The van der Waals surface area contributed by atoms with Crippen molar-refractivity contribution in [2.24, 2.45) is 4.99 Å². The Morgan fingerprint density at radius 2 is 1.65 bits per heavy atom. The van der Waals surface area contributed by atoms with Crippen molar-refractivity contribution >= 4 is 29.4 Å². The molecule has 1 aliphatic heterocycles. The third kappa shape index (κ3) is 6.51. The third-order valence-corrected chi connectivity index (χ3v) is 6.91. The lowest BCUT2D eigenvalue weighted by atomic mass is 9.96. The average Bonchev–Trinajstić information content (AvgIpc) is 3.22. The number of fused-ring (bicyclic) bond motifs is 1. The lowest BCUT2D eigenvalue weighted by Crippen LogP contribution is -2.40. The van der Waals surface area contributed by atoms with E-state index in [9.17, 15) is 14.4 Å². The van der Waals surface area contributed by atoms with Gasteiger partial charge in [-0.3, -0.25) is 9.36 Å². The van der Waals surface area contributed by atoms with E-state index >= 15 is 0 Å². The van der Waals surface area contributed by atoms with Crippen LogP contribution in [0.5, 0.6) is 11.5 Å². The zero-order chi connectivity index (χ0) is 28.8. The predicted molar refractivity (Wildman–Crippen MR) is 151 cm³/mol. The number of allylic oxidation sites excluding steroid dienone is 1. The van der Waals surface area contributed by atoms with Crippen LogP contribution >= 0.6 is 11.3 Å². The molecule has 0 radical (unpaired) electrons. The molecule has 0 unspecified atom stereocenters. The summed E-state index contributed by atoms with van der Waals surface area (Å²) in [6.45, 7) is 9.58. The van der Waals surface area contributed by atoms with Crippen LogP contribution in [0.1, 0.15) is 51.8 Å². The van der Waals surface area contributed by atoms with Gasteiger partial charge in [0.2, 0.25) is 0 Å². The molecule has 3 aromatic rings. The fourth-order valence-electron chi connectivity index (χ4n) is 4.25.